The number of likely N-dealkylation sites (tertiary alicyclic amines) is 1. The Morgan fingerprint density at radius 2 is 1.78 bits per heavy atom. The number of rotatable bonds is 11. The summed E-state index contributed by atoms with van der Waals surface area (Å²) in [5.41, 5.74) is 0.752. The smallest absolute Gasteiger partial charge is 0.161 e. The molecule has 1 N–H and O–H groups in total. The molecule has 1 fully saturated rings. The van der Waals surface area contributed by atoms with E-state index in [0.29, 0.717) is 56.5 Å². The van der Waals surface area contributed by atoms with E-state index in [1.165, 1.54) is 0 Å². The summed E-state index contributed by atoms with van der Waals surface area (Å²) in [5, 5.41) is 11.1. The average molecular weight is 442 g/mol. The molecule has 0 saturated carbocycles. The molecule has 0 spiro atoms. The monoisotopic (exact) mass is 441 g/mol. The molecule has 1 saturated heterocycles. The molecule has 2 aromatic rings. The highest BCUT2D eigenvalue weighted by Crippen LogP contribution is 2.35. The highest BCUT2D eigenvalue weighted by atomic mass is 16.6. The molecule has 2 atom stereocenters. The predicted octanol–water partition coefficient (Wildman–Crippen LogP) is 3.25. The summed E-state index contributed by atoms with van der Waals surface area (Å²) < 4.78 is 22.1. The summed E-state index contributed by atoms with van der Waals surface area (Å²) in [5.74, 6) is 2.70. The lowest BCUT2D eigenvalue weighted by molar-refractivity contribution is -0.121. The number of methoxy groups -OCH3 is 1. The second-order valence-electron chi connectivity index (χ2n) is 8.28. The lowest BCUT2D eigenvalue weighted by atomic mass is 9.89. The van der Waals surface area contributed by atoms with E-state index in [2.05, 4.69) is 4.90 Å². The quantitative estimate of drug-likeness (QED) is 0.574. The zero-order valence-electron chi connectivity index (χ0n) is 18.5. The van der Waals surface area contributed by atoms with Crippen LogP contribution >= 0.6 is 0 Å². The van der Waals surface area contributed by atoms with E-state index >= 15 is 0 Å². The number of hydrogen-bond donors (Lipinski definition) is 1. The molecule has 0 aliphatic carbocycles. The number of carbonyl (C=O) groups excluding carboxylic acids is 1. The number of hydrogen-bond acceptors (Lipinski definition) is 7. The third kappa shape index (κ3) is 5.72. The van der Waals surface area contributed by atoms with Crippen molar-refractivity contribution in [3.8, 4) is 23.0 Å². The highest BCUT2D eigenvalue weighted by molar-refractivity contribution is 5.78. The standard InChI is InChI=1S/C25H31NO6/c1-29-21-4-6-22(7-5-21)30-12-9-20(27)15-19(17-26-10-2-11-26)25(28)18-3-8-23-24(16-18)32-14-13-31-23/h3-8,16,19,25,28H,2,9-15,17H2,1H3. The van der Waals surface area contributed by atoms with Crippen molar-refractivity contribution in [2.75, 3.05) is 46.6 Å². The molecular formula is C25H31NO6. The van der Waals surface area contributed by atoms with E-state index in [4.69, 9.17) is 18.9 Å². The van der Waals surface area contributed by atoms with Crippen molar-refractivity contribution in [2.24, 2.45) is 5.92 Å². The van der Waals surface area contributed by atoms with E-state index < -0.39 is 6.10 Å². The molecule has 2 aliphatic rings. The maximum absolute atomic E-state index is 12.7. The molecule has 0 amide bonds. The van der Waals surface area contributed by atoms with E-state index in [0.717, 1.165) is 30.8 Å². The molecule has 4 rings (SSSR count). The lowest BCUT2D eigenvalue weighted by Gasteiger charge is -2.36. The normalized spacial score (nSPS) is 17.2. The summed E-state index contributed by atoms with van der Waals surface area (Å²) in [7, 11) is 1.62. The van der Waals surface area contributed by atoms with Crippen LogP contribution in [0.1, 0.15) is 30.9 Å². The Bertz CT molecular complexity index is 896. The van der Waals surface area contributed by atoms with Crippen molar-refractivity contribution >= 4 is 5.78 Å². The van der Waals surface area contributed by atoms with Crippen LogP contribution in [0.3, 0.4) is 0 Å². The summed E-state index contributed by atoms with van der Waals surface area (Å²) in [6, 6.07) is 12.8. The van der Waals surface area contributed by atoms with Gasteiger partial charge in [0.05, 0.1) is 19.8 Å². The second kappa shape index (κ2) is 10.7. The van der Waals surface area contributed by atoms with Crippen molar-refractivity contribution in [1.29, 1.82) is 0 Å². The van der Waals surface area contributed by atoms with Gasteiger partial charge in [0, 0.05) is 25.3 Å². The van der Waals surface area contributed by atoms with Crippen LogP contribution in [-0.2, 0) is 4.79 Å². The van der Waals surface area contributed by atoms with Crippen LogP contribution in [0.4, 0.5) is 0 Å². The number of Topliss-reactive ketones (excluding diaryl/α,β-unsaturated/α-hetero) is 1. The van der Waals surface area contributed by atoms with Gasteiger partial charge in [-0.05, 0) is 61.5 Å². The molecule has 2 heterocycles. The zero-order chi connectivity index (χ0) is 22.3. The SMILES string of the molecule is COc1ccc(OCCC(=O)CC(CN2CCC2)C(O)c2ccc3c(c2)OCCO3)cc1. The molecule has 0 aromatic heterocycles. The van der Waals surface area contributed by atoms with Crippen LogP contribution in [0.2, 0.25) is 0 Å². The summed E-state index contributed by atoms with van der Waals surface area (Å²) in [6.07, 6.45) is 1.02. The first-order chi connectivity index (χ1) is 15.6. The average Bonchev–Trinajstić information content (AvgIpc) is 2.80. The van der Waals surface area contributed by atoms with Gasteiger partial charge in [0.1, 0.15) is 30.5 Å². The maximum Gasteiger partial charge on any atom is 0.161 e. The van der Waals surface area contributed by atoms with Gasteiger partial charge < -0.3 is 29.0 Å². The van der Waals surface area contributed by atoms with Gasteiger partial charge in [-0.15, -0.1) is 0 Å². The third-order valence-electron chi connectivity index (χ3n) is 5.99. The molecule has 0 radical (unpaired) electrons. The first-order valence-electron chi connectivity index (χ1n) is 11.2. The van der Waals surface area contributed by atoms with Gasteiger partial charge in [0.25, 0.3) is 0 Å². The number of benzene rings is 2. The predicted molar refractivity (Wildman–Crippen MR) is 120 cm³/mol. The van der Waals surface area contributed by atoms with Crippen LogP contribution in [0, 0.1) is 5.92 Å². The van der Waals surface area contributed by atoms with Crippen LogP contribution in [0.15, 0.2) is 42.5 Å². The number of aliphatic hydroxyl groups excluding tert-OH is 1. The largest absolute Gasteiger partial charge is 0.497 e. The Morgan fingerprint density at radius 1 is 1.06 bits per heavy atom. The van der Waals surface area contributed by atoms with Gasteiger partial charge in [-0.25, -0.2) is 0 Å². The van der Waals surface area contributed by atoms with E-state index in [1.54, 1.807) is 7.11 Å². The first kappa shape index (κ1) is 22.4. The van der Waals surface area contributed by atoms with Crippen molar-refractivity contribution < 1.29 is 28.8 Å². The van der Waals surface area contributed by atoms with Crippen molar-refractivity contribution in [3.63, 3.8) is 0 Å². The number of fused-ring (bicyclic) bond motifs is 1. The van der Waals surface area contributed by atoms with Crippen LogP contribution in [0.5, 0.6) is 23.0 Å². The molecule has 2 aromatic carbocycles. The topological polar surface area (TPSA) is 77.5 Å². The minimum Gasteiger partial charge on any atom is -0.497 e. The summed E-state index contributed by atoms with van der Waals surface area (Å²) in [4.78, 5) is 15.0. The van der Waals surface area contributed by atoms with Crippen LogP contribution in [0.25, 0.3) is 0 Å². The number of nitrogens with zero attached hydrogens (tertiary/aromatic N) is 1. The minimum atomic E-state index is -0.752. The molecule has 2 unspecified atom stereocenters. The number of ether oxygens (including phenoxy) is 4. The Morgan fingerprint density at radius 3 is 2.47 bits per heavy atom. The fourth-order valence-electron chi connectivity index (χ4n) is 4.04. The molecule has 2 aliphatic heterocycles. The zero-order valence-corrected chi connectivity index (χ0v) is 18.5. The van der Waals surface area contributed by atoms with Crippen molar-refractivity contribution in [3.05, 3.63) is 48.0 Å². The van der Waals surface area contributed by atoms with Gasteiger partial charge in [-0.1, -0.05) is 6.07 Å². The minimum absolute atomic E-state index is 0.0839. The maximum atomic E-state index is 12.7. The number of aliphatic hydroxyl groups is 1. The molecule has 7 nitrogen and oxygen atoms in total. The van der Waals surface area contributed by atoms with Gasteiger partial charge in [-0.3, -0.25) is 4.79 Å². The fourth-order valence-corrected chi connectivity index (χ4v) is 4.04. The fraction of sp³-hybridized carbons (Fsp3) is 0.480. The van der Waals surface area contributed by atoms with Crippen molar-refractivity contribution in [2.45, 2.75) is 25.4 Å². The number of ketones is 1. The Hall–Kier alpha value is -2.77. The summed E-state index contributed by atoms with van der Waals surface area (Å²) in [6.45, 7) is 4.05. The summed E-state index contributed by atoms with van der Waals surface area (Å²) >= 11 is 0. The Kier molecular flexibility index (Phi) is 7.50. The van der Waals surface area contributed by atoms with Gasteiger partial charge >= 0.3 is 0 Å². The van der Waals surface area contributed by atoms with E-state index in [1.807, 2.05) is 42.5 Å². The van der Waals surface area contributed by atoms with Crippen molar-refractivity contribution in [1.82, 2.24) is 4.90 Å². The van der Waals surface area contributed by atoms with Gasteiger partial charge in [0.2, 0.25) is 0 Å². The van der Waals surface area contributed by atoms with Gasteiger partial charge in [0.15, 0.2) is 11.5 Å². The lowest BCUT2D eigenvalue weighted by Crippen LogP contribution is -2.42. The van der Waals surface area contributed by atoms with Crippen LogP contribution < -0.4 is 18.9 Å². The van der Waals surface area contributed by atoms with Crippen LogP contribution in [-0.4, -0.2) is 62.4 Å². The highest BCUT2D eigenvalue weighted by Gasteiger charge is 2.29. The van der Waals surface area contributed by atoms with E-state index in [-0.39, 0.29) is 11.7 Å². The molecule has 7 heteroatoms. The third-order valence-corrected chi connectivity index (χ3v) is 5.99. The van der Waals surface area contributed by atoms with Gasteiger partial charge in [-0.2, -0.15) is 0 Å². The number of carbonyl (C=O) groups is 1. The Labute approximate surface area is 188 Å². The molecular weight excluding hydrogens is 410 g/mol. The second-order valence-corrected chi connectivity index (χ2v) is 8.28. The molecule has 172 valence electrons. The Balaban J connectivity index is 1.34. The molecule has 32 heavy (non-hydrogen) atoms. The van der Waals surface area contributed by atoms with E-state index in [9.17, 15) is 9.90 Å². The first-order valence-corrected chi connectivity index (χ1v) is 11.2. The molecule has 0 bridgehead atoms.